The first-order valence-corrected chi connectivity index (χ1v) is 6.05. The molecule has 0 saturated heterocycles. The first-order valence-electron chi connectivity index (χ1n) is 6.05. The van der Waals surface area contributed by atoms with Gasteiger partial charge in [-0.05, 0) is 6.07 Å². The zero-order valence-corrected chi connectivity index (χ0v) is 11.4. The Morgan fingerprint density at radius 1 is 1.32 bits per heavy atom. The van der Waals surface area contributed by atoms with Crippen LogP contribution in [0.2, 0.25) is 0 Å². The molecule has 19 heavy (non-hydrogen) atoms. The minimum atomic E-state index is -0.423. The van der Waals surface area contributed by atoms with Crippen molar-refractivity contribution >= 4 is 11.9 Å². The number of benzene rings is 1. The first-order chi connectivity index (χ1) is 8.91. The fourth-order valence-electron chi connectivity index (χ4n) is 1.38. The van der Waals surface area contributed by atoms with Crippen LogP contribution in [-0.2, 0) is 20.9 Å². The van der Waals surface area contributed by atoms with E-state index in [2.05, 4.69) is 0 Å². The van der Waals surface area contributed by atoms with Gasteiger partial charge in [-0.3, -0.25) is 9.59 Å². The van der Waals surface area contributed by atoms with Gasteiger partial charge in [-0.25, -0.2) is 4.39 Å². The van der Waals surface area contributed by atoms with E-state index in [9.17, 15) is 14.0 Å². The first kappa shape index (κ1) is 15.1. The van der Waals surface area contributed by atoms with Gasteiger partial charge in [0.1, 0.15) is 5.82 Å². The van der Waals surface area contributed by atoms with Gasteiger partial charge in [0, 0.05) is 19.2 Å². The summed E-state index contributed by atoms with van der Waals surface area (Å²) < 4.78 is 18.2. The third-order valence-corrected chi connectivity index (χ3v) is 2.60. The van der Waals surface area contributed by atoms with E-state index in [0.717, 1.165) is 0 Å². The van der Waals surface area contributed by atoms with E-state index in [1.165, 1.54) is 18.0 Å². The summed E-state index contributed by atoms with van der Waals surface area (Å²) in [5, 5.41) is 0. The highest BCUT2D eigenvalue weighted by molar-refractivity contribution is 5.80. The standard InChI is InChI=1S/C14H18FNO3/c1-10(2)14(18)19-9-13(17)16(3)8-11-6-4-5-7-12(11)15/h4-7,10H,8-9H2,1-3H3. The number of rotatable bonds is 5. The monoisotopic (exact) mass is 267 g/mol. The van der Waals surface area contributed by atoms with Gasteiger partial charge >= 0.3 is 5.97 Å². The zero-order chi connectivity index (χ0) is 14.4. The highest BCUT2D eigenvalue weighted by atomic mass is 19.1. The second kappa shape index (κ2) is 6.87. The van der Waals surface area contributed by atoms with Crippen LogP contribution in [0.1, 0.15) is 19.4 Å². The maximum atomic E-state index is 13.4. The molecule has 0 spiro atoms. The molecule has 0 saturated carbocycles. The topological polar surface area (TPSA) is 46.6 Å². The smallest absolute Gasteiger partial charge is 0.308 e. The Kier molecular flexibility index (Phi) is 5.48. The van der Waals surface area contributed by atoms with Crippen molar-refractivity contribution in [2.75, 3.05) is 13.7 Å². The predicted octanol–water partition coefficient (Wildman–Crippen LogP) is 1.98. The van der Waals surface area contributed by atoms with Gasteiger partial charge in [0.15, 0.2) is 6.61 Å². The van der Waals surface area contributed by atoms with Crippen LogP contribution in [0.4, 0.5) is 4.39 Å². The number of carbonyl (C=O) groups is 2. The van der Waals surface area contributed by atoms with Crippen LogP contribution in [0.5, 0.6) is 0 Å². The molecule has 4 nitrogen and oxygen atoms in total. The highest BCUT2D eigenvalue weighted by Gasteiger charge is 2.15. The summed E-state index contributed by atoms with van der Waals surface area (Å²) in [5.41, 5.74) is 0.425. The molecule has 0 heterocycles. The number of amides is 1. The number of carbonyl (C=O) groups excluding carboxylic acids is 2. The molecule has 1 rings (SSSR count). The lowest BCUT2D eigenvalue weighted by Gasteiger charge is -2.17. The summed E-state index contributed by atoms with van der Waals surface area (Å²) in [6.07, 6.45) is 0. The number of likely N-dealkylation sites (N-methyl/N-ethyl adjacent to an activating group) is 1. The quantitative estimate of drug-likeness (QED) is 0.766. The lowest BCUT2D eigenvalue weighted by atomic mass is 10.2. The second-order valence-corrected chi connectivity index (χ2v) is 4.60. The van der Waals surface area contributed by atoms with Gasteiger partial charge in [-0.2, -0.15) is 0 Å². The van der Waals surface area contributed by atoms with E-state index in [4.69, 9.17) is 4.74 Å². The van der Waals surface area contributed by atoms with E-state index in [-0.39, 0.29) is 30.8 Å². The third-order valence-electron chi connectivity index (χ3n) is 2.60. The molecule has 0 bridgehead atoms. The summed E-state index contributed by atoms with van der Waals surface area (Å²) in [6.45, 7) is 3.21. The number of esters is 1. The Morgan fingerprint density at radius 2 is 1.95 bits per heavy atom. The average Bonchev–Trinajstić information content (AvgIpc) is 2.37. The van der Waals surface area contributed by atoms with Crippen molar-refractivity contribution in [3.05, 3.63) is 35.6 Å². The van der Waals surface area contributed by atoms with E-state index in [0.29, 0.717) is 5.56 Å². The Balaban J connectivity index is 2.50. The SMILES string of the molecule is CC(C)C(=O)OCC(=O)N(C)Cc1ccccc1F. The van der Waals surface area contributed by atoms with Gasteiger partial charge < -0.3 is 9.64 Å². The Bertz CT molecular complexity index is 460. The molecule has 0 aliphatic heterocycles. The molecular weight excluding hydrogens is 249 g/mol. The molecule has 1 amide bonds. The van der Waals surface area contributed by atoms with Gasteiger partial charge in [-0.15, -0.1) is 0 Å². The zero-order valence-electron chi connectivity index (χ0n) is 11.4. The minimum absolute atomic E-state index is 0.144. The van der Waals surface area contributed by atoms with Crippen molar-refractivity contribution in [2.24, 2.45) is 5.92 Å². The van der Waals surface area contributed by atoms with Crippen LogP contribution >= 0.6 is 0 Å². The van der Waals surface area contributed by atoms with Crippen molar-refractivity contribution in [2.45, 2.75) is 20.4 Å². The van der Waals surface area contributed by atoms with Crippen molar-refractivity contribution in [1.82, 2.24) is 4.90 Å². The average molecular weight is 267 g/mol. The van der Waals surface area contributed by atoms with Crippen molar-refractivity contribution in [3.8, 4) is 0 Å². The van der Waals surface area contributed by atoms with Crippen LogP contribution < -0.4 is 0 Å². The molecule has 1 aromatic carbocycles. The largest absolute Gasteiger partial charge is 0.455 e. The van der Waals surface area contributed by atoms with Crippen LogP contribution in [0.15, 0.2) is 24.3 Å². The number of hydrogen-bond acceptors (Lipinski definition) is 3. The molecule has 0 unspecified atom stereocenters. The number of nitrogens with zero attached hydrogens (tertiary/aromatic N) is 1. The molecule has 0 radical (unpaired) electrons. The third kappa shape index (κ3) is 4.69. The van der Waals surface area contributed by atoms with E-state index >= 15 is 0 Å². The summed E-state index contributed by atoms with van der Waals surface area (Å²) in [4.78, 5) is 24.3. The van der Waals surface area contributed by atoms with Gasteiger partial charge in [0.25, 0.3) is 5.91 Å². The Labute approximate surface area is 112 Å². The fourth-order valence-corrected chi connectivity index (χ4v) is 1.38. The minimum Gasteiger partial charge on any atom is -0.455 e. The molecular formula is C14H18FNO3. The van der Waals surface area contributed by atoms with Gasteiger partial charge in [0.05, 0.1) is 5.92 Å². The van der Waals surface area contributed by atoms with Gasteiger partial charge in [-0.1, -0.05) is 32.0 Å². The van der Waals surface area contributed by atoms with Crippen molar-refractivity contribution in [1.29, 1.82) is 0 Å². The lowest BCUT2D eigenvalue weighted by Crippen LogP contribution is -2.31. The lowest BCUT2D eigenvalue weighted by molar-refractivity contribution is -0.154. The summed E-state index contributed by atoms with van der Waals surface area (Å²) >= 11 is 0. The Hall–Kier alpha value is -1.91. The second-order valence-electron chi connectivity index (χ2n) is 4.60. The summed E-state index contributed by atoms with van der Waals surface area (Å²) in [6, 6.07) is 6.24. The molecule has 104 valence electrons. The van der Waals surface area contributed by atoms with Crippen molar-refractivity contribution in [3.63, 3.8) is 0 Å². The molecule has 0 aliphatic rings. The molecule has 1 aromatic rings. The molecule has 0 N–H and O–H groups in total. The predicted molar refractivity (Wildman–Crippen MR) is 68.7 cm³/mol. The maximum absolute atomic E-state index is 13.4. The number of hydrogen-bond donors (Lipinski definition) is 0. The molecule has 0 fully saturated rings. The highest BCUT2D eigenvalue weighted by Crippen LogP contribution is 2.09. The fraction of sp³-hybridized carbons (Fsp3) is 0.429. The van der Waals surface area contributed by atoms with E-state index < -0.39 is 5.97 Å². The van der Waals surface area contributed by atoms with Crippen LogP contribution in [-0.4, -0.2) is 30.4 Å². The Morgan fingerprint density at radius 3 is 2.53 bits per heavy atom. The van der Waals surface area contributed by atoms with E-state index in [1.807, 2.05) is 0 Å². The van der Waals surface area contributed by atoms with Gasteiger partial charge in [0.2, 0.25) is 0 Å². The molecule has 0 aliphatic carbocycles. The van der Waals surface area contributed by atoms with Crippen LogP contribution in [0.25, 0.3) is 0 Å². The summed E-state index contributed by atoms with van der Waals surface area (Å²) in [5.74, 6) is -1.42. The van der Waals surface area contributed by atoms with Crippen LogP contribution in [0, 0.1) is 11.7 Å². The van der Waals surface area contributed by atoms with E-state index in [1.54, 1.807) is 32.0 Å². The summed E-state index contributed by atoms with van der Waals surface area (Å²) in [7, 11) is 1.54. The molecule has 5 heteroatoms. The number of halogens is 1. The molecule has 0 atom stereocenters. The normalized spacial score (nSPS) is 10.4. The number of ether oxygens (including phenoxy) is 1. The molecule has 0 aromatic heterocycles. The van der Waals surface area contributed by atoms with Crippen LogP contribution in [0.3, 0.4) is 0 Å². The van der Waals surface area contributed by atoms with Crippen molar-refractivity contribution < 1.29 is 18.7 Å². The maximum Gasteiger partial charge on any atom is 0.308 e.